The molecular formula is C32H74N2O5S2+2. The second-order valence-electron chi connectivity index (χ2n) is 11.8. The molecule has 0 aliphatic heterocycles. The number of rotatable bonds is 23. The molecule has 7 nitrogen and oxygen atoms in total. The first-order valence-corrected chi connectivity index (χ1v) is 20.2. The summed E-state index contributed by atoms with van der Waals surface area (Å²) in [5, 5.41) is 0. The van der Waals surface area contributed by atoms with Crippen molar-refractivity contribution in [3.05, 3.63) is 0 Å². The van der Waals surface area contributed by atoms with Crippen molar-refractivity contribution in [1.29, 1.82) is 0 Å². The molecule has 0 unspecified atom stereocenters. The second-order valence-corrected chi connectivity index (χ2v) is 15.4. The fourth-order valence-electron chi connectivity index (χ4n) is 4.95. The van der Waals surface area contributed by atoms with Crippen LogP contribution < -0.4 is 0 Å². The zero-order valence-electron chi connectivity index (χ0n) is 29.5. The van der Waals surface area contributed by atoms with E-state index in [1.54, 1.807) is 0 Å². The van der Waals surface area contributed by atoms with E-state index in [9.17, 15) is 16.8 Å². The second kappa shape index (κ2) is 26.2. The molecule has 0 aromatic rings. The summed E-state index contributed by atoms with van der Waals surface area (Å²) in [5.74, 6) is 0.305. The zero-order valence-corrected chi connectivity index (χ0v) is 31.1. The summed E-state index contributed by atoms with van der Waals surface area (Å²) in [6, 6.07) is 0. The van der Waals surface area contributed by atoms with Crippen LogP contribution in [0.2, 0.25) is 0 Å². The van der Waals surface area contributed by atoms with Crippen LogP contribution in [0.1, 0.15) is 140 Å². The van der Waals surface area contributed by atoms with Gasteiger partial charge in [0.25, 0.3) is 20.2 Å². The van der Waals surface area contributed by atoms with Crippen LogP contribution in [0.5, 0.6) is 0 Å². The Hall–Kier alpha value is -0.220. The van der Waals surface area contributed by atoms with Crippen LogP contribution in [0.3, 0.4) is 0 Å². The van der Waals surface area contributed by atoms with Crippen molar-refractivity contribution in [1.82, 2.24) is 0 Å². The molecule has 0 aliphatic rings. The molecule has 252 valence electrons. The minimum atomic E-state index is -3.97. The molecule has 0 rings (SSSR count). The first-order valence-electron chi connectivity index (χ1n) is 17.0. The van der Waals surface area contributed by atoms with Gasteiger partial charge in [-0.15, -0.1) is 3.63 Å². The molecule has 9 heteroatoms. The van der Waals surface area contributed by atoms with Gasteiger partial charge in [0.1, 0.15) is 0 Å². The van der Waals surface area contributed by atoms with E-state index in [1.165, 1.54) is 87.0 Å². The third-order valence-corrected chi connectivity index (χ3v) is 12.2. The lowest BCUT2D eigenvalue weighted by Gasteiger charge is -2.34. The summed E-state index contributed by atoms with van der Waals surface area (Å²) in [7, 11) is -7.92. The molecule has 0 radical (unpaired) electrons. The summed E-state index contributed by atoms with van der Waals surface area (Å²) < 4.78 is 53.2. The summed E-state index contributed by atoms with van der Waals surface area (Å²) in [6.45, 7) is 34.7. The first kappa shape index (κ1) is 45.2. The highest BCUT2D eigenvalue weighted by molar-refractivity contribution is 7.99. The molecular weight excluding hydrogens is 556 g/mol. The molecule has 0 aromatic carbocycles. The van der Waals surface area contributed by atoms with Crippen LogP contribution in [0.4, 0.5) is 0 Å². The minimum absolute atomic E-state index is 0.217. The molecule has 0 aromatic heterocycles. The molecule has 0 fully saturated rings. The van der Waals surface area contributed by atoms with Gasteiger partial charge in [0.2, 0.25) is 0 Å². The lowest BCUT2D eigenvalue weighted by Crippen LogP contribution is -2.47. The number of hydrogen-bond acceptors (Lipinski definition) is 5. The van der Waals surface area contributed by atoms with Crippen LogP contribution in [-0.4, -0.2) is 89.7 Å². The van der Waals surface area contributed by atoms with Gasteiger partial charge in [0.15, 0.2) is 0 Å². The van der Waals surface area contributed by atoms with Gasteiger partial charge < -0.3 is 8.97 Å². The first-order chi connectivity index (χ1) is 19.2. The molecule has 0 aliphatic carbocycles. The van der Waals surface area contributed by atoms with Crippen molar-refractivity contribution in [3.8, 4) is 0 Å². The van der Waals surface area contributed by atoms with Crippen molar-refractivity contribution < 1.29 is 29.4 Å². The van der Waals surface area contributed by atoms with E-state index in [2.05, 4.69) is 72.9 Å². The van der Waals surface area contributed by atoms with Gasteiger partial charge in [-0.1, -0.05) is 72.1 Å². The molecule has 0 N–H and O–H groups in total. The van der Waals surface area contributed by atoms with Crippen LogP contribution in [0, 0.1) is 5.92 Å². The highest BCUT2D eigenvalue weighted by atomic mass is 32.3. The smallest absolute Gasteiger partial charge is 0.281 e. The summed E-state index contributed by atoms with van der Waals surface area (Å²) in [5.41, 5.74) is 0. The number of unbranched alkanes of at least 4 members (excludes halogenated alkanes) is 7. The number of quaternary nitrogens is 2. The molecule has 0 amide bonds. The van der Waals surface area contributed by atoms with Crippen LogP contribution in [-0.2, 0) is 23.9 Å². The summed E-state index contributed by atoms with van der Waals surface area (Å²) in [4.78, 5) is 0. The molecule has 0 saturated heterocycles. The Bertz CT molecular complexity index is 721. The maximum atomic E-state index is 11.6. The van der Waals surface area contributed by atoms with E-state index >= 15 is 0 Å². The zero-order chi connectivity index (χ0) is 32.4. The van der Waals surface area contributed by atoms with Crippen LogP contribution in [0.25, 0.3) is 0 Å². The predicted molar refractivity (Wildman–Crippen MR) is 180 cm³/mol. The Kier molecular flexibility index (Phi) is 28.9. The van der Waals surface area contributed by atoms with E-state index in [4.69, 9.17) is 0 Å². The Morgan fingerprint density at radius 3 is 1.02 bits per heavy atom. The molecule has 0 bridgehead atoms. The third kappa shape index (κ3) is 24.9. The van der Waals surface area contributed by atoms with E-state index < -0.39 is 20.2 Å². The third-order valence-electron chi connectivity index (χ3n) is 9.00. The van der Waals surface area contributed by atoms with Gasteiger partial charge in [-0.25, -0.2) is 0 Å². The van der Waals surface area contributed by atoms with Gasteiger partial charge in [-0.3, -0.25) is 0 Å². The average molecular weight is 631 g/mol. The normalized spacial score (nSPS) is 12.5. The van der Waals surface area contributed by atoms with Crippen LogP contribution in [0.15, 0.2) is 0 Å². The maximum Gasteiger partial charge on any atom is 0.281 e. The van der Waals surface area contributed by atoms with Crippen molar-refractivity contribution in [2.45, 2.75) is 140 Å². The Balaban J connectivity index is -0.000000654. The largest absolute Gasteiger partial charge is 0.325 e. The van der Waals surface area contributed by atoms with Gasteiger partial charge in [0.05, 0.1) is 63.9 Å². The van der Waals surface area contributed by atoms with Gasteiger partial charge >= 0.3 is 0 Å². The van der Waals surface area contributed by atoms with Crippen LogP contribution >= 0.6 is 0 Å². The topological polar surface area (TPSA) is 77.5 Å². The van der Waals surface area contributed by atoms with E-state index in [-0.39, 0.29) is 11.5 Å². The van der Waals surface area contributed by atoms with E-state index in [0.717, 1.165) is 25.2 Å². The fourth-order valence-corrected chi connectivity index (χ4v) is 7.95. The van der Waals surface area contributed by atoms with Crippen molar-refractivity contribution in [3.63, 3.8) is 0 Å². The predicted octanol–water partition coefficient (Wildman–Crippen LogP) is 8.01. The fraction of sp³-hybridized carbons (Fsp3) is 1.00. The molecule has 0 saturated carbocycles. The molecule has 0 spiro atoms. The maximum absolute atomic E-state index is 11.6. The van der Waals surface area contributed by atoms with E-state index in [0.29, 0.717) is 19.3 Å². The quantitative estimate of drug-likeness (QED) is 0.0844. The highest BCUT2D eigenvalue weighted by Crippen LogP contribution is 2.13. The Morgan fingerprint density at radius 1 is 0.463 bits per heavy atom. The molecule has 0 atom stereocenters. The minimum Gasteiger partial charge on any atom is -0.325 e. The Morgan fingerprint density at radius 2 is 0.756 bits per heavy atom. The lowest BCUT2D eigenvalue weighted by molar-refractivity contribution is -0.921. The van der Waals surface area contributed by atoms with Crippen molar-refractivity contribution in [2.24, 2.45) is 5.92 Å². The SMILES string of the molecule is CCCCS(=O)(=O)OS(=O)(=O)CCCCCCCCCC(C)C.CC[N+](CC)(CC)CC.CC[N+](CC)(CC)CC. The van der Waals surface area contributed by atoms with Crippen molar-refractivity contribution >= 4 is 20.2 Å². The van der Waals surface area contributed by atoms with Crippen molar-refractivity contribution in [2.75, 3.05) is 63.9 Å². The Labute approximate surface area is 259 Å². The van der Waals surface area contributed by atoms with Gasteiger partial charge in [-0.2, -0.15) is 16.8 Å². The lowest BCUT2D eigenvalue weighted by atomic mass is 10.0. The van der Waals surface area contributed by atoms with Gasteiger partial charge in [-0.05, 0) is 74.1 Å². The monoisotopic (exact) mass is 631 g/mol. The summed E-state index contributed by atoms with van der Waals surface area (Å²) in [6.07, 6.45) is 9.37. The molecule has 41 heavy (non-hydrogen) atoms. The number of nitrogens with zero attached hydrogens (tertiary/aromatic N) is 2. The number of hydrogen-bond donors (Lipinski definition) is 0. The van der Waals surface area contributed by atoms with E-state index in [1.807, 2.05) is 6.92 Å². The highest BCUT2D eigenvalue weighted by Gasteiger charge is 2.22. The summed E-state index contributed by atoms with van der Waals surface area (Å²) >= 11 is 0. The average Bonchev–Trinajstić information content (AvgIpc) is 2.94. The van der Waals surface area contributed by atoms with Gasteiger partial charge in [0, 0.05) is 0 Å². The standard InChI is InChI=1S/C16H34O5S2.2C8H20N/c1-4-5-14-22(17,18)21-23(19,20)15-12-10-8-6-7-9-11-13-16(2)3;2*1-5-9(6-2,7-3)8-4/h16H,4-15H2,1-3H3;2*5-8H2,1-4H3/q;2*+1. The molecule has 0 heterocycles.